The van der Waals surface area contributed by atoms with E-state index >= 15 is 0 Å². The average Bonchev–Trinajstić information content (AvgIpc) is 3.00. The second-order valence-corrected chi connectivity index (χ2v) is 4.50. The van der Waals surface area contributed by atoms with Crippen molar-refractivity contribution in [3.05, 3.63) is 47.9 Å². The minimum Gasteiger partial charge on any atom is -0.493 e. The van der Waals surface area contributed by atoms with Crippen molar-refractivity contribution in [1.29, 1.82) is 0 Å². The third-order valence-electron chi connectivity index (χ3n) is 2.94. The van der Waals surface area contributed by atoms with Crippen molar-refractivity contribution in [2.45, 2.75) is 13.2 Å². The number of halogens is 2. The molecule has 0 aliphatic heterocycles. The maximum atomic E-state index is 12.4. The van der Waals surface area contributed by atoms with Gasteiger partial charge in [-0.2, -0.15) is 8.78 Å². The molecule has 1 heterocycles. The molecule has 0 aliphatic carbocycles. The van der Waals surface area contributed by atoms with Crippen LogP contribution >= 0.6 is 0 Å². The van der Waals surface area contributed by atoms with Gasteiger partial charge < -0.3 is 18.8 Å². The van der Waals surface area contributed by atoms with E-state index in [0.29, 0.717) is 5.56 Å². The molecule has 0 fully saturated rings. The van der Waals surface area contributed by atoms with Crippen molar-refractivity contribution in [2.24, 2.45) is 0 Å². The highest BCUT2D eigenvalue weighted by molar-refractivity contribution is 5.91. The molecule has 0 saturated heterocycles. The van der Waals surface area contributed by atoms with Gasteiger partial charge in [-0.25, -0.2) is 0 Å². The lowest BCUT2D eigenvalue weighted by Gasteiger charge is -2.17. The fraction of sp³-hybridized carbons (Fsp3) is 0.267. The Hall–Kier alpha value is -2.57. The molecule has 1 aromatic carbocycles. The second kappa shape index (κ2) is 6.93. The van der Waals surface area contributed by atoms with E-state index in [1.807, 2.05) is 0 Å². The van der Waals surface area contributed by atoms with Gasteiger partial charge in [0, 0.05) is 13.6 Å². The molecule has 0 N–H and O–H groups in total. The first-order chi connectivity index (χ1) is 10.5. The van der Waals surface area contributed by atoms with Crippen molar-refractivity contribution in [3.8, 4) is 11.5 Å². The molecule has 0 radical (unpaired) electrons. The summed E-state index contributed by atoms with van der Waals surface area (Å²) >= 11 is 0. The number of carbonyl (C=O) groups excluding carboxylic acids is 1. The quantitative estimate of drug-likeness (QED) is 0.822. The highest BCUT2D eigenvalue weighted by Crippen LogP contribution is 2.30. The smallest absolute Gasteiger partial charge is 0.387 e. The maximum absolute atomic E-state index is 12.4. The lowest BCUT2D eigenvalue weighted by atomic mass is 10.2. The zero-order valence-electron chi connectivity index (χ0n) is 12.1. The fourth-order valence-corrected chi connectivity index (χ4v) is 1.94. The van der Waals surface area contributed by atoms with E-state index in [-0.39, 0.29) is 29.7 Å². The molecule has 0 atom stereocenters. The van der Waals surface area contributed by atoms with Crippen molar-refractivity contribution in [1.82, 2.24) is 4.90 Å². The van der Waals surface area contributed by atoms with Crippen LogP contribution in [0.15, 0.2) is 41.0 Å². The fourth-order valence-electron chi connectivity index (χ4n) is 1.94. The Morgan fingerprint density at radius 3 is 2.68 bits per heavy atom. The zero-order valence-corrected chi connectivity index (χ0v) is 12.1. The van der Waals surface area contributed by atoms with Crippen LogP contribution in [-0.4, -0.2) is 31.6 Å². The largest absolute Gasteiger partial charge is 0.493 e. The van der Waals surface area contributed by atoms with Crippen LogP contribution in [0.4, 0.5) is 8.78 Å². The first-order valence-electron chi connectivity index (χ1n) is 6.42. The predicted molar refractivity (Wildman–Crippen MR) is 74.1 cm³/mol. The van der Waals surface area contributed by atoms with E-state index < -0.39 is 6.61 Å². The summed E-state index contributed by atoms with van der Waals surface area (Å²) in [5.41, 5.74) is 0.624. The summed E-state index contributed by atoms with van der Waals surface area (Å²) in [6, 6.07) is 7.76. The van der Waals surface area contributed by atoms with Crippen LogP contribution in [0.3, 0.4) is 0 Å². The van der Waals surface area contributed by atoms with Gasteiger partial charge in [0.05, 0.1) is 13.4 Å². The van der Waals surface area contributed by atoms with Gasteiger partial charge >= 0.3 is 6.61 Å². The molecule has 2 rings (SSSR count). The summed E-state index contributed by atoms with van der Waals surface area (Å²) in [7, 11) is 2.95. The normalized spacial score (nSPS) is 10.6. The van der Waals surface area contributed by atoms with Crippen LogP contribution < -0.4 is 9.47 Å². The van der Waals surface area contributed by atoms with Crippen LogP contribution in [0.25, 0.3) is 0 Å². The number of carbonyl (C=O) groups is 1. The summed E-state index contributed by atoms with van der Waals surface area (Å²) in [5, 5.41) is 0. The summed E-state index contributed by atoms with van der Waals surface area (Å²) in [6.45, 7) is -2.74. The van der Waals surface area contributed by atoms with E-state index in [2.05, 4.69) is 4.74 Å². The number of furan rings is 1. The van der Waals surface area contributed by atoms with Crippen LogP contribution in [0.5, 0.6) is 11.5 Å². The summed E-state index contributed by atoms with van der Waals surface area (Å²) < 4.78 is 39.2. The minimum absolute atomic E-state index is 0.0751. The first-order valence-corrected chi connectivity index (χ1v) is 6.42. The Bertz CT molecular complexity index is 628. The minimum atomic E-state index is -2.95. The number of alkyl halides is 2. The molecule has 118 valence electrons. The first kappa shape index (κ1) is 15.8. The highest BCUT2D eigenvalue weighted by Gasteiger charge is 2.16. The van der Waals surface area contributed by atoms with Gasteiger partial charge in [0.25, 0.3) is 5.91 Å². The third kappa shape index (κ3) is 3.75. The topological polar surface area (TPSA) is 51.9 Å². The van der Waals surface area contributed by atoms with E-state index in [0.717, 1.165) is 0 Å². The van der Waals surface area contributed by atoms with Gasteiger partial charge in [0.1, 0.15) is 0 Å². The van der Waals surface area contributed by atoms with Gasteiger partial charge in [-0.3, -0.25) is 4.79 Å². The van der Waals surface area contributed by atoms with Gasteiger partial charge in [-0.15, -0.1) is 0 Å². The molecular formula is C15H15F2NO4. The Balaban J connectivity index is 2.13. The van der Waals surface area contributed by atoms with E-state index in [9.17, 15) is 13.6 Å². The van der Waals surface area contributed by atoms with Crippen molar-refractivity contribution < 1.29 is 27.5 Å². The monoisotopic (exact) mass is 311 g/mol. The van der Waals surface area contributed by atoms with Crippen molar-refractivity contribution in [2.75, 3.05) is 14.2 Å². The van der Waals surface area contributed by atoms with E-state index in [1.54, 1.807) is 25.2 Å². The van der Waals surface area contributed by atoms with Crippen LogP contribution in [0.1, 0.15) is 16.1 Å². The van der Waals surface area contributed by atoms with Gasteiger partial charge in [0.15, 0.2) is 17.3 Å². The van der Waals surface area contributed by atoms with Crippen molar-refractivity contribution >= 4 is 5.91 Å². The van der Waals surface area contributed by atoms with Crippen LogP contribution in [0.2, 0.25) is 0 Å². The van der Waals surface area contributed by atoms with Crippen molar-refractivity contribution in [3.63, 3.8) is 0 Å². The number of methoxy groups -OCH3 is 1. The number of ether oxygens (including phenoxy) is 2. The van der Waals surface area contributed by atoms with Gasteiger partial charge in [-0.05, 0) is 29.8 Å². The molecule has 0 bridgehead atoms. The summed E-state index contributed by atoms with van der Waals surface area (Å²) in [5.74, 6) is 0.0233. The highest BCUT2D eigenvalue weighted by atomic mass is 19.3. The predicted octanol–water partition coefficient (Wildman–Crippen LogP) is 3.16. The standard InChI is InChI=1S/C15H15F2NO4/c1-18(14(19)12-4-3-7-21-12)9-10-5-6-11(20-2)13(8-10)22-15(16)17/h3-8,15H,9H2,1-2H3. The maximum Gasteiger partial charge on any atom is 0.387 e. The Morgan fingerprint density at radius 1 is 1.32 bits per heavy atom. The molecule has 22 heavy (non-hydrogen) atoms. The van der Waals surface area contributed by atoms with Gasteiger partial charge in [-0.1, -0.05) is 6.07 Å². The number of hydrogen-bond donors (Lipinski definition) is 0. The molecule has 1 amide bonds. The average molecular weight is 311 g/mol. The third-order valence-corrected chi connectivity index (χ3v) is 2.94. The lowest BCUT2D eigenvalue weighted by molar-refractivity contribution is -0.0512. The molecule has 5 nitrogen and oxygen atoms in total. The Kier molecular flexibility index (Phi) is 4.98. The number of hydrogen-bond acceptors (Lipinski definition) is 4. The van der Waals surface area contributed by atoms with Crippen LogP contribution in [-0.2, 0) is 6.54 Å². The Labute approximate surface area is 126 Å². The zero-order chi connectivity index (χ0) is 16.1. The molecule has 7 heteroatoms. The van der Waals surface area contributed by atoms with Gasteiger partial charge in [0.2, 0.25) is 0 Å². The lowest BCUT2D eigenvalue weighted by Crippen LogP contribution is -2.25. The van der Waals surface area contributed by atoms with Crippen LogP contribution in [0, 0.1) is 0 Å². The summed E-state index contributed by atoms with van der Waals surface area (Å²) in [6.07, 6.45) is 1.41. The second-order valence-electron chi connectivity index (χ2n) is 4.50. The number of rotatable bonds is 6. The molecule has 2 aromatic rings. The molecule has 1 aromatic heterocycles. The Morgan fingerprint density at radius 2 is 2.09 bits per heavy atom. The number of benzene rings is 1. The molecule has 0 unspecified atom stereocenters. The van der Waals surface area contributed by atoms with E-state index in [1.165, 1.54) is 30.4 Å². The summed E-state index contributed by atoms with van der Waals surface area (Å²) in [4.78, 5) is 13.5. The number of nitrogens with zero attached hydrogens (tertiary/aromatic N) is 1. The molecular weight excluding hydrogens is 296 g/mol. The molecule has 0 saturated carbocycles. The molecule has 0 aliphatic rings. The molecule has 0 spiro atoms. The van der Waals surface area contributed by atoms with E-state index in [4.69, 9.17) is 9.15 Å². The SMILES string of the molecule is COc1ccc(CN(C)C(=O)c2ccco2)cc1OC(F)F. The number of amides is 1.